The first kappa shape index (κ1) is 14.7. The molecule has 0 fully saturated rings. The van der Waals surface area contributed by atoms with E-state index < -0.39 is 17.5 Å². The van der Waals surface area contributed by atoms with Crippen molar-refractivity contribution in [2.24, 2.45) is 0 Å². The molecule has 0 N–H and O–H groups in total. The van der Waals surface area contributed by atoms with Gasteiger partial charge in [-0.25, -0.2) is 0 Å². The first-order valence-corrected chi connectivity index (χ1v) is 5.37. The van der Waals surface area contributed by atoms with Crippen LogP contribution in [-0.4, -0.2) is 33.9 Å². The van der Waals surface area contributed by atoms with Gasteiger partial charge in [0.25, 0.3) is 5.78 Å². The van der Waals surface area contributed by atoms with E-state index in [1.165, 1.54) is 4.68 Å². The SMILES string of the molecule is CC(C)(C)OCCn1cc(C(=O)C(F)(F)F)cn1. The average Bonchev–Trinajstić information content (AvgIpc) is 2.61. The van der Waals surface area contributed by atoms with E-state index in [-0.39, 0.29) is 5.60 Å². The summed E-state index contributed by atoms with van der Waals surface area (Å²) in [5, 5.41) is 3.69. The first-order chi connectivity index (χ1) is 8.09. The van der Waals surface area contributed by atoms with Crippen LogP contribution in [0.25, 0.3) is 0 Å². The number of ketones is 1. The standard InChI is InChI=1S/C11H15F3N2O2/c1-10(2,3)18-5-4-16-7-8(6-15-16)9(17)11(12,13)14/h6-7H,4-5H2,1-3H3. The molecule has 0 aliphatic carbocycles. The van der Waals surface area contributed by atoms with E-state index in [9.17, 15) is 18.0 Å². The number of Topliss-reactive ketones (excluding diaryl/α,β-unsaturated/α-hetero) is 1. The fraction of sp³-hybridized carbons (Fsp3) is 0.636. The lowest BCUT2D eigenvalue weighted by molar-refractivity contribution is -0.0885. The number of hydrogen-bond donors (Lipinski definition) is 0. The number of carbonyl (C=O) groups excluding carboxylic acids is 1. The third-order valence-corrected chi connectivity index (χ3v) is 2.01. The van der Waals surface area contributed by atoms with Crippen LogP contribution in [-0.2, 0) is 11.3 Å². The third-order valence-electron chi connectivity index (χ3n) is 2.01. The van der Waals surface area contributed by atoms with Crippen molar-refractivity contribution in [1.29, 1.82) is 0 Å². The quantitative estimate of drug-likeness (QED) is 0.784. The highest BCUT2D eigenvalue weighted by Gasteiger charge is 2.39. The predicted molar refractivity (Wildman–Crippen MR) is 58.3 cm³/mol. The highest BCUT2D eigenvalue weighted by molar-refractivity contribution is 5.99. The summed E-state index contributed by atoms with van der Waals surface area (Å²) in [7, 11) is 0. The minimum Gasteiger partial charge on any atom is -0.374 e. The van der Waals surface area contributed by atoms with Crippen LogP contribution in [0.5, 0.6) is 0 Å². The molecule has 0 saturated heterocycles. The molecule has 0 spiro atoms. The summed E-state index contributed by atoms with van der Waals surface area (Å²) in [5.74, 6) is -1.88. The van der Waals surface area contributed by atoms with Crippen molar-refractivity contribution in [3.63, 3.8) is 0 Å². The third kappa shape index (κ3) is 4.48. The van der Waals surface area contributed by atoms with E-state index in [1.54, 1.807) is 0 Å². The average molecular weight is 264 g/mol. The first-order valence-electron chi connectivity index (χ1n) is 5.37. The van der Waals surface area contributed by atoms with E-state index in [4.69, 9.17) is 4.74 Å². The number of nitrogens with zero attached hydrogens (tertiary/aromatic N) is 2. The normalized spacial score (nSPS) is 12.8. The van der Waals surface area contributed by atoms with Gasteiger partial charge in [0.15, 0.2) is 0 Å². The molecule has 0 atom stereocenters. The zero-order chi connectivity index (χ0) is 14.0. The maximum absolute atomic E-state index is 12.1. The highest BCUT2D eigenvalue weighted by atomic mass is 19.4. The van der Waals surface area contributed by atoms with Crippen LogP contribution in [0.4, 0.5) is 13.2 Å². The summed E-state index contributed by atoms with van der Waals surface area (Å²) in [6.07, 6.45) is -2.88. The summed E-state index contributed by atoms with van der Waals surface area (Å²) in [6, 6.07) is 0. The smallest absolute Gasteiger partial charge is 0.374 e. The Hall–Kier alpha value is -1.37. The predicted octanol–water partition coefficient (Wildman–Crippen LogP) is 2.44. The molecule has 102 valence electrons. The molecule has 18 heavy (non-hydrogen) atoms. The van der Waals surface area contributed by atoms with Gasteiger partial charge in [0, 0.05) is 6.20 Å². The number of hydrogen-bond acceptors (Lipinski definition) is 3. The molecule has 0 aliphatic heterocycles. The lowest BCUT2D eigenvalue weighted by Crippen LogP contribution is -2.22. The summed E-state index contributed by atoms with van der Waals surface area (Å²) >= 11 is 0. The minimum atomic E-state index is -4.87. The van der Waals surface area contributed by atoms with Crippen LogP contribution < -0.4 is 0 Å². The van der Waals surface area contributed by atoms with Gasteiger partial charge >= 0.3 is 6.18 Å². The maximum atomic E-state index is 12.1. The molecule has 1 rings (SSSR count). The molecule has 0 unspecified atom stereocenters. The summed E-state index contributed by atoms with van der Waals surface area (Å²) in [5.41, 5.74) is -0.782. The van der Waals surface area contributed by atoms with Crippen molar-refractivity contribution in [2.75, 3.05) is 6.61 Å². The van der Waals surface area contributed by atoms with Crippen LogP contribution in [0, 0.1) is 0 Å². The Morgan fingerprint density at radius 3 is 2.50 bits per heavy atom. The zero-order valence-corrected chi connectivity index (χ0v) is 10.4. The van der Waals surface area contributed by atoms with E-state index >= 15 is 0 Å². The highest BCUT2D eigenvalue weighted by Crippen LogP contribution is 2.20. The Bertz CT molecular complexity index is 419. The summed E-state index contributed by atoms with van der Waals surface area (Å²) in [4.78, 5) is 10.9. The molecule has 0 radical (unpaired) electrons. The van der Waals surface area contributed by atoms with Gasteiger partial charge in [0.05, 0.1) is 30.5 Å². The van der Waals surface area contributed by atoms with Crippen LogP contribution in [0.15, 0.2) is 12.4 Å². The molecular formula is C11H15F3N2O2. The molecule has 1 aromatic rings. The van der Waals surface area contributed by atoms with E-state index in [1.807, 2.05) is 20.8 Å². The van der Waals surface area contributed by atoms with Crippen LogP contribution in [0.2, 0.25) is 0 Å². The molecule has 0 saturated carbocycles. The molecule has 1 aromatic heterocycles. The Kier molecular flexibility index (Phi) is 4.16. The Labute approximate surface area is 103 Å². The van der Waals surface area contributed by atoms with Crippen LogP contribution in [0.1, 0.15) is 31.1 Å². The van der Waals surface area contributed by atoms with E-state index in [0.717, 1.165) is 12.4 Å². The van der Waals surface area contributed by atoms with Gasteiger partial charge in [0.1, 0.15) is 0 Å². The van der Waals surface area contributed by atoms with E-state index in [0.29, 0.717) is 13.2 Å². The Morgan fingerprint density at radius 1 is 1.39 bits per heavy atom. The topological polar surface area (TPSA) is 44.1 Å². The van der Waals surface area contributed by atoms with Crippen LogP contribution >= 0.6 is 0 Å². The number of rotatable bonds is 4. The number of aromatic nitrogens is 2. The van der Waals surface area contributed by atoms with Crippen molar-refractivity contribution in [2.45, 2.75) is 39.1 Å². The van der Waals surface area contributed by atoms with Gasteiger partial charge in [-0.1, -0.05) is 0 Å². The van der Waals surface area contributed by atoms with Gasteiger partial charge in [-0.15, -0.1) is 0 Å². The number of halogens is 3. The van der Waals surface area contributed by atoms with Crippen molar-refractivity contribution < 1.29 is 22.7 Å². The van der Waals surface area contributed by atoms with Crippen molar-refractivity contribution in [1.82, 2.24) is 9.78 Å². The van der Waals surface area contributed by atoms with Crippen molar-refractivity contribution in [3.05, 3.63) is 18.0 Å². The molecule has 0 aliphatic rings. The maximum Gasteiger partial charge on any atom is 0.454 e. The molecule has 0 aromatic carbocycles. The monoisotopic (exact) mass is 264 g/mol. The van der Waals surface area contributed by atoms with Crippen molar-refractivity contribution >= 4 is 5.78 Å². The lowest BCUT2D eigenvalue weighted by Gasteiger charge is -2.19. The molecule has 7 heteroatoms. The van der Waals surface area contributed by atoms with Crippen molar-refractivity contribution in [3.8, 4) is 0 Å². The van der Waals surface area contributed by atoms with E-state index in [2.05, 4.69) is 5.10 Å². The molecule has 4 nitrogen and oxygen atoms in total. The summed E-state index contributed by atoms with van der Waals surface area (Å²) < 4.78 is 43.1. The summed E-state index contributed by atoms with van der Waals surface area (Å²) in [6.45, 7) is 6.21. The largest absolute Gasteiger partial charge is 0.454 e. The van der Waals surface area contributed by atoms with Crippen LogP contribution in [0.3, 0.4) is 0 Å². The fourth-order valence-corrected chi connectivity index (χ4v) is 1.21. The Balaban J connectivity index is 2.57. The number of carbonyl (C=O) groups is 1. The molecular weight excluding hydrogens is 249 g/mol. The van der Waals surface area contributed by atoms with Gasteiger partial charge in [0.2, 0.25) is 0 Å². The van der Waals surface area contributed by atoms with Gasteiger partial charge in [-0.2, -0.15) is 18.3 Å². The zero-order valence-electron chi connectivity index (χ0n) is 10.4. The fourth-order valence-electron chi connectivity index (χ4n) is 1.21. The van der Waals surface area contributed by atoms with Gasteiger partial charge < -0.3 is 4.74 Å². The van der Waals surface area contributed by atoms with Gasteiger partial charge in [-0.05, 0) is 20.8 Å². The number of alkyl halides is 3. The second-order valence-corrected chi connectivity index (χ2v) is 4.78. The second kappa shape index (κ2) is 5.09. The minimum absolute atomic E-state index is 0.294. The lowest BCUT2D eigenvalue weighted by atomic mass is 10.2. The number of ether oxygens (including phenoxy) is 1. The molecule has 0 amide bonds. The molecule has 1 heterocycles. The second-order valence-electron chi connectivity index (χ2n) is 4.78. The molecule has 0 bridgehead atoms. The van der Waals surface area contributed by atoms with Gasteiger partial charge in [-0.3, -0.25) is 9.48 Å². The Morgan fingerprint density at radius 2 is 2.00 bits per heavy atom.